The molecule has 0 aliphatic rings. The van der Waals surface area contributed by atoms with Gasteiger partial charge in [-0.25, -0.2) is 4.79 Å². The van der Waals surface area contributed by atoms with Gasteiger partial charge in [0.15, 0.2) is 5.69 Å². The van der Waals surface area contributed by atoms with Crippen molar-refractivity contribution in [2.75, 3.05) is 0 Å². The molecule has 3 rings (SSSR count). The SMILES string of the molecule is Cn1nc(C(=O)O)cc1-c1cc2ccccc2[nH]1. The van der Waals surface area contributed by atoms with Crippen LogP contribution in [0.4, 0.5) is 0 Å². The number of aromatic nitrogens is 3. The topological polar surface area (TPSA) is 70.9 Å². The predicted molar refractivity (Wildman–Crippen MR) is 67.5 cm³/mol. The van der Waals surface area contributed by atoms with Gasteiger partial charge in [-0.3, -0.25) is 4.68 Å². The van der Waals surface area contributed by atoms with E-state index in [4.69, 9.17) is 5.11 Å². The molecule has 18 heavy (non-hydrogen) atoms. The number of hydrogen-bond donors (Lipinski definition) is 2. The van der Waals surface area contributed by atoms with Crippen LogP contribution in [-0.2, 0) is 7.05 Å². The van der Waals surface area contributed by atoms with Gasteiger partial charge in [0, 0.05) is 24.0 Å². The van der Waals surface area contributed by atoms with Crippen molar-refractivity contribution in [3.8, 4) is 11.4 Å². The summed E-state index contributed by atoms with van der Waals surface area (Å²) in [6.07, 6.45) is 0. The molecule has 0 atom stereocenters. The van der Waals surface area contributed by atoms with E-state index in [-0.39, 0.29) is 5.69 Å². The smallest absolute Gasteiger partial charge is 0.356 e. The number of fused-ring (bicyclic) bond motifs is 1. The van der Waals surface area contributed by atoms with Gasteiger partial charge in [-0.05, 0) is 12.1 Å². The molecule has 0 aliphatic carbocycles. The number of carboxylic acid groups (broad SMARTS) is 1. The van der Waals surface area contributed by atoms with Gasteiger partial charge < -0.3 is 10.1 Å². The number of hydrogen-bond acceptors (Lipinski definition) is 2. The number of aromatic carboxylic acids is 1. The van der Waals surface area contributed by atoms with Crippen LogP contribution in [0.15, 0.2) is 36.4 Å². The van der Waals surface area contributed by atoms with E-state index < -0.39 is 5.97 Å². The van der Waals surface area contributed by atoms with Gasteiger partial charge in [-0.2, -0.15) is 5.10 Å². The van der Waals surface area contributed by atoms with E-state index in [1.807, 2.05) is 30.3 Å². The van der Waals surface area contributed by atoms with Crippen LogP contribution in [-0.4, -0.2) is 25.8 Å². The summed E-state index contributed by atoms with van der Waals surface area (Å²) in [5.41, 5.74) is 2.68. The van der Waals surface area contributed by atoms with Gasteiger partial charge in [0.05, 0.1) is 11.4 Å². The van der Waals surface area contributed by atoms with Crippen LogP contribution in [0.25, 0.3) is 22.3 Å². The third-order valence-electron chi connectivity index (χ3n) is 2.90. The Balaban J connectivity index is 2.16. The molecule has 1 aromatic carbocycles. The van der Waals surface area contributed by atoms with E-state index in [0.717, 1.165) is 22.3 Å². The number of aryl methyl sites for hydroxylation is 1. The maximum absolute atomic E-state index is 10.9. The normalized spacial score (nSPS) is 10.9. The van der Waals surface area contributed by atoms with Crippen molar-refractivity contribution in [2.24, 2.45) is 7.05 Å². The summed E-state index contributed by atoms with van der Waals surface area (Å²) >= 11 is 0. The second kappa shape index (κ2) is 3.73. The maximum atomic E-state index is 10.9. The van der Waals surface area contributed by atoms with Gasteiger partial charge in [-0.15, -0.1) is 0 Å². The molecule has 90 valence electrons. The Bertz CT molecular complexity index is 707. The molecule has 5 nitrogen and oxygen atoms in total. The van der Waals surface area contributed by atoms with Gasteiger partial charge in [0.1, 0.15) is 0 Å². The quantitative estimate of drug-likeness (QED) is 0.723. The van der Waals surface area contributed by atoms with Crippen LogP contribution in [0.1, 0.15) is 10.5 Å². The van der Waals surface area contributed by atoms with Crippen molar-refractivity contribution in [1.29, 1.82) is 0 Å². The fourth-order valence-corrected chi connectivity index (χ4v) is 2.04. The van der Waals surface area contributed by atoms with Crippen molar-refractivity contribution < 1.29 is 9.90 Å². The summed E-state index contributed by atoms with van der Waals surface area (Å²) in [6.45, 7) is 0. The molecule has 0 saturated heterocycles. The highest BCUT2D eigenvalue weighted by Gasteiger charge is 2.13. The first-order chi connectivity index (χ1) is 8.65. The molecule has 0 unspecified atom stereocenters. The molecule has 2 aromatic heterocycles. The van der Waals surface area contributed by atoms with E-state index in [9.17, 15) is 4.79 Å². The third kappa shape index (κ3) is 1.57. The van der Waals surface area contributed by atoms with E-state index in [0.29, 0.717) is 0 Å². The molecule has 3 aromatic rings. The lowest BCUT2D eigenvalue weighted by atomic mass is 10.2. The first-order valence-corrected chi connectivity index (χ1v) is 5.50. The second-order valence-electron chi connectivity index (χ2n) is 4.11. The minimum atomic E-state index is -1.02. The highest BCUT2D eigenvalue weighted by Crippen LogP contribution is 2.24. The molecule has 0 bridgehead atoms. The van der Waals surface area contributed by atoms with Crippen LogP contribution in [0.2, 0.25) is 0 Å². The molecule has 0 saturated carbocycles. The van der Waals surface area contributed by atoms with Gasteiger partial charge in [0.25, 0.3) is 0 Å². The van der Waals surface area contributed by atoms with Crippen LogP contribution in [0, 0.1) is 0 Å². The second-order valence-corrected chi connectivity index (χ2v) is 4.11. The standard InChI is InChI=1S/C13H11N3O2/c1-16-12(7-11(15-16)13(17)18)10-6-8-4-2-3-5-9(8)14-10/h2-7,14H,1H3,(H,17,18). The summed E-state index contributed by atoms with van der Waals surface area (Å²) < 4.78 is 1.56. The average Bonchev–Trinajstić information content (AvgIpc) is 2.91. The minimum absolute atomic E-state index is 0.0474. The Hall–Kier alpha value is -2.56. The lowest BCUT2D eigenvalue weighted by molar-refractivity contribution is 0.0689. The summed E-state index contributed by atoms with van der Waals surface area (Å²) in [5, 5.41) is 14.0. The first kappa shape index (κ1) is 10.6. The summed E-state index contributed by atoms with van der Waals surface area (Å²) in [4.78, 5) is 14.1. The number of carboxylic acids is 1. The number of para-hydroxylation sites is 1. The number of benzene rings is 1. The van der Waals surface area contributed by atoms with E-state index in [1.165, 1.54) is 0 Å². The van der Waals surface area contributed by atoms with Gasteiger partial charge in [-0.1, -0.05) is 18.2 Å². The Labute approximate surface area is 103 Å². The van der Waals surface area contributed by atoms with E-state index in [2.05, 4.69) is 10.1 Å². The molecule has 0 spiro atoms. The fourth-order valence-electron chi connectivity index (χ4n) is 2.04. The number of aromatic amines is 1. The van der Waals surface area contributed by atoms with Crippen LogP contribution >= 0.6 is 0 Å². The summed E-state index contributed by atoms with van der Waals surface area (Å²) in [6, 6.07) is 11.4. The number of H-pyrrole nitrogens is 1. The highest BCUT2D eigenvalue weighted by molar-refractivity contribution is 5.89. The maximum Gasteiger partial charge on any atom is 0.356 e. The monoisotopic (exact) mass is 241 g/mol. The summed E-state index contributed by atoms with van der Waals surface area (Å²) in [5.74, 6) is -1.02. The zero-order valence-corrected chi connectivity index (χ0v) is 9.71. The summed E-state index contributed by atoms with van der Waals surface area (Å²) in [7, 11) is 1.73. The van der Waals surface area contributed by atoms with Crippen molar-refractivity contribution >= 4 is 16.9 Å². The molecular formula is C13H11N3O2. The van der Waals surface area contributed by atoms with Crippen LogP contribution in [0.5, 0.6) is 0 Å². The number of carbonyl (C=O) groups is 1. The number of rotatable bonds is 2. The Morgan fingerprint density at radius 1 is 1.33 bits per heavy atom. The van der Waals surface area contributed by atoms with Crippen molar-refractivity contribution in [1.82, 2.24) is 14.8 Å². The molecule has 2 heterocycles. The molecule has 5 heteroatoms. The van der Waals surface area contributed by atoms with Gasteiger partial charge in [0.2, 0.25) is 0 Å². The van der Waals surface area contributed by atoms with Gasteiger partial charge >= 0.3 is 5.97 Å². The van der Waals surface area contributed by atoms with Crippen LogP contribution < -0.4 is 0 Å². The zero-order chi connectivity index (χ0) is 12.7. The molecule has 0 fully saturated rings. The predicted octanol–water partition coefficient (Wildman–Crippen LogP) is 2.27. The zero-order valence-electron chi connectivity index (χ0n) is 9.71. The minimum Gasteiger partial charge on any atom is -0.476 e. The molecular weight excluding hydrogens is 230 g/mol. The molecule has 0 radical (unpaired) electrons. The number of nitrogens with zero attached hydrogens (tertiary/aromatic N) is 2. The fraction of sp³-hybridized carbons (Fsp3) is 0.0769. The first-order valence-electron chi connectivity index (χ1n) is 5.50. The molecule has 2 N–H and O–H groups in total. The Kier molecular flexibility index (Phi) is 2.19. The van der Waals surface area contributed by atoms with Crippen molar-refractivity contribution in [3.05, 3.63) is 42.1 Å². The van der Waals surface area contributed by atoms with E-state index in [1.54, 1.807) is 17.8 Å². The van der Waals surface area contributed by atoms with Crippen LogP contribution in [0.3, 0.4) is 0 Å². The number of nitrogens with one attached hydrogen (secondary N) is 1. The highest BCUT2D eigenvalue weighted by atomic mass is 16.4. The lowest BCUT2D eigenvalue weighted by Gasteiger charge is -1.96. The third-order valence-corrected chi connectivity index (χ3v) is 2.90. The van der Waals surface area contributed by atoms with Crippen molar-refractivity contribution in [3.63, 3.8) is 0 Å². The molecule has 0 amide bonds. The average molecular weight is 241 g/mol. The Morgan fingerprint density at radius 2 is 2.11 bits per heavy atom. The van der Waals surface area contributed by atoms with E-state index >= 15 is 0 Å². The Morgan fingerprint density at radius 3 is 2.78 bits per heavy atom. The lowest BCUT2D eigenvalue weighted by Crippen LogP contribution is -1.99. The molecule has 0 aliphatic heterocycles. The van der Waals surface area contributed by atoms with Crippen molar-refractivity contribution in [2.45, 2.75) is 0 Å². The largest absolute Gasteiger partial charge is 0.476 e.